The Kier molecular flexibility index (Phi) is 5.41. The van der Waals surface area contributed by atoms with Crippen molar-refractivity contribution in [2.75, 3.05) is 18.4 Å². The molecule has 6 nitrogen and oxygen atoms in total. The quantitative estimate of drug-likeness (QED) is 0.854. The number of aryl methyl sites for hydroxylation is 1. The number of primary amides is 1. The predicted molar refractivity (Wildman–Crippen MR) is 103 cm³/mol. The van der Waals surface area contributed by atoms with Gasteiger partial charge in [-0.15, -0.1) is 0 Å². The second-order valence-corrected chi connectivity index (χ2v) is 6.74. The van der Waals surface area contributed by atoms with Crippen molar-refractivity contribution in [1.82, 2.24) is 4.90 Å². The molecule has 0 aliphatic carbocycles. The first-order valence-electron chi connectivity index (χ1n) is 8.95. The van der Waals surface area contributed by atoms with Gasteiger partial charge in [-0.05, 0) is 61.2 Å². The SMILES string of the molecule is Cc1cc(C(Nc2ccc(C#N)cc2)C(N)=O)ccc1C(=O)N1CCCC1. The summed E-state index contributed by atoms with van der Waals surface area (Å²) in [6.45, 7) is 3.46. The summed E-state index contributed by atoms with van der Waals surface area (Å²) in [5.74, 6) is -0.482. The van der Waals surface area contributed by atoms with Gasteiger partial charge in [0.1, 0.15) is 6.04 Å². The van der Waals surface area contributed by atoms with E-state index in [-0.39, 0.29) is 5.91 Å². The van der Waals surface area contributed by atoms with Crippen molar-refractivity contribution in [2.24, 2.45) is 5.73 Å². The van der Waals surface area contributed by atoms with Gasteiger partial charge in [0, 0.05) is 24.3 Å². The lowest BCUT2D eigenvalue weighted by molar-refractivity contribution is -0.118. The minimum atomic E-state index is -0.729. The third kappa shape index (κ3) is 4.09. The maximum atomic E-state index is 12.6. The monoisotopic (exact) mass is 362 g/mol. The molecule has 2 amide bonds. The number of amides is 2. The highest BCUT2D eigenvalue weighted by Crippen LogP contribution is 2.24. The van der Waals surface area contributed by atoms with Crippen LogP contribution < -0.4 is 11.1 Å². The van der Waals surface area contributed by atoms with Crippen molar-refractivity contribution in [3.63, 3.8) is 0 Å². The number of nitriles is 1. The summed E-state index contributed by atoms with van der Waals surface area (Å²) in [6, 6.07) is 13.5. The zero-order chi connectivity index (χ0) is 19.4. The molecular formula is C21H22N4O2. The number of carbonyl (C=O) groups excluding carboxylic acids is 2. The van der Waals surface area contributed by atoms with E-state index < -0.39 is 11.9 Å². The first kappa shape index (κ1) is 18.5. The van der Waals surface area contributed by atoms with Gasteiger partial charge in [-0.25, -0.2) is 0 Å². The molecule has 0 aromatic heterocycles. The number of nitrogens with two attached hydrogens (primary N) is 1. The number of nitrogens with zero attached hydrogens (tertiary/aromatic N) is 2. The van der Waals surface area contributed by atoms with Crippen molar-refractivity contribution >= 4 is 17.5 Å². The van der Waals surface area contributed by atoms with Gasteiger partial charge < -0.3 is 16.0 Å². The van der Waals surface area contributed by atoms with Crippen LogP contribution in [0, 0.1) is 18.3 Å². The maximum Gasteiger partial charge on any atom is 0.254 e. The van der Waals surface area contributed by atoms with Gasteiger partial charge in [-0.3, -0.25) is 9.59 Å². The number of nitrogens with one attached hydrogen (secondary N) is 1. The molecule has 6 heteroatoms. The van der Waals surface area contributed by atoms with Crippen LogP contribution in [-0.4, -0.2) is 29.8 Å². The molecule has 2 aromatic carbocycles. The third-order valence-electron chi connectivity index (χ3n) is 4.82. The number of hydrogen-bond acceptors (Lipinski definition) is 4. The van der Waals surface area contributed by atoms with Crippen LogP contribution in [0.15, 0.2) is 42.5 Å². The van der Waals surface area contributed by atoms with E-state index in [4.69, 9.17) is 11.0 Å². The molecule has 1 heterocycles. The minimum Gasteiger partial charge on any atom is -0.370 e. The molecule has 1 atom stereocenters. The lowest BCUT2D eigenvalue weighted by atomic mass is 9.99. The first-order valence-corrected chi connectivity index (χ1v) is 8.95. The molecule has 1 aliphatic heterocycles. The molecule has 3 N–H and O–H groups in total. The number of anilines is 1. The Balaban J connectivity index is 1.83. The number of hydrogen-bond donors (Lipinski definition) is 2. The van der Waals surface area contributed by atoms with Gasteiger partial charge in [-0.2, -0.15) is 5.26 Å². The second-order valence-electron chi connectivity index (χ2n) is 6.74. The van der Waals surface area contributed by atoms with Crippen LogP contribution in [0.3, 0.4) is 0 Å². The Labute approximate surface area is 158 Å². The molecule has 138 valence electrons. The Morgan fingerprint density at radius 3 is 2.37 bits per heavy atom. The van der Waals surface area contributed by atoms with E-state index >= 15 is 0 Å². The van der Waals surface area contributed by atoms with E-state index in [1.165, 1.54) is 0 Å². The zero-order valence-corrected chi connectivity index (χ0v) is 15.2. The molecule has 27 heavy (non-hydrogen) atoms. The van der Waals surface area contributed by atoms with Crippen LogP contribution in [0.25, 0.3) is 0 Å². The zero-order valence-electron chi connectivity index (χ0n) is 15.2. The van der Waals surface area contributed by atoms with Gasteiger partial charge in [0.05, 0.1) is 11.6 Å². The fraction of sp³-hybridized carbons (Fsp3) is 0.286. The Morgan fingerprint density at radius 1 is 1.15 bits per heavy atom. The smallest absolute Gasteiger partial charge is 0.254 e. The average molecular weight is 362 g/mol. The van der Waals surface area contributed by atoms with E-state index in [0.717, 1.165) is 31.5 Å². The van der Waals surface area contributed by atoms with E-state index in [1.807, 2.05) is 17.9 Å². The fourth-order valence-electron chi connectivity index (χ4n) is 3.32. The highest BCUT2D eigenvalue weighted by atomic mass is 16.2. The maximum absolute atomic E-state index is 12.6. The van der Waals surface area contributed by atoms with Crippen molar-refractivity contribution in [2.45, 2.75) is 25.8 Å². The van der Waals surface area contributed by atoms with E-state index in [9.17, 15) is 9.59 Å². The molecule has 1 unspecified atom stereocenters. The largest absolute Gasteiger partial charge is 0.370 e. The summed E-state index contributed by atoms with van der Waals surface area (Å²) in [4.78, 5) is 26.5. The molecule has 1 aliphatic rings. The van der Waals surface area contributed by atoms with Crippen LogP contribution in [-0.2, 0) is 4.79 Å². The lowest BCUT2D eigenvalue weighted by Crippen LogP contribution is -2.29. The van der Waals surface area contributed by atoms with E-state index in [1.54, 1.807) is 36.4 Å². The molecule has 3 rings (SSSR count). The van der Waals surface area contributed by atoms with Gasteiger partial charge in [0.15, 0.2) is 0 Å². The average Bonchev–Trinajstić information content (AvgIpc) is 3.20. The van der Waals surface area contributed by atoms with Crippen molar-refractivity contribution in [3.05, 3.63) is 64.7 Å². The minimum absolute atomic E-state index is 0.0345. The van der Waals surface area contributed by atoms with Crippen molar-refractivity contribution in [1.29, 1.82) is 5.26 Å². The van der Waals surface area contributed by atoms with Gasteiger partial charge in [0.25, 0.3) is 5.91 Å². The summed E-state index contributed by atoms with van der Waals surface area (Å²) in [5, 5.41) is 12.0. The summed E-state index contributed by atoms with van der Waals surface area (Å²) < 4.78 is 0. The lowest BCUT2D eigenvalue weighted by Gasteiger charge is -2.20. The molecule has 1 saturated heterocycles. The van der Waals surface area contributed by atoms with Gasteiger partial charge in [-0.1, -0.05) is 12.1 Å². The van der Waals surface area contributed by atoms with Crippen LogP contribution in [0.5, 0.6) is 0 Å². The molecule has 0 saturated carbocycles. The Morgan fingerprint density at radius 2 is 1.81 bits per heavy atom. The number of carbonyl (C=O) groups is 2. The van der Waals surface area contributed by atoms with E-state index in [2.05, 4.69) is 11.4 Å². The highest BCUT2D eigenvalue weighted by molar-refractivity contribution is 5.96. The Hall–Kier alpha value is -3.33. The molecular weight excluding hydrogens is 340 g/mol. The summed E-state index contributed by atoms with van der Waals surface area (Å²) in [5.41, 5.74) is 8.99. The highest BCUT2D eigenvalue weighted by Gasteiger charge is 2.23. The topological polar surface area (TPSA) is 99.2 Å². The fourth-order valence-corrected chi connectivity index (χ4v) is 3.32. The molecule has 1 fully saturated rings. The molecule has 0 spiro atoms. The normalized spacial score (nSPS) is 14.4. The molecule has 0 bridgehead atoms. The number of rotatable bonds is 5. The predicted octanol–water partition coefficient (Wildman–Crippen LogP) is 2.74. The number of benzene rings is 2. The first-order chi connectivity index (χ1) is 13.0. The standard InChI is InChI=1S/C21H22N4O2/c1-14-12-16(6-9-18(14)21(27)25-10-2-3-11-25)19(20(23)26)24-17-7-4-15(13-22)5-8-17/h4-9,12,19,24H,2-3,10-11H2,1H3,(H2,23,26). The van der Waals surface area contributed by atoms with Crippen LogP contribution >= 0.6 is 0 Å². The van der Waals surface area contributed by atoms with Crippen LogP contribution in [0.2, 0.25) is 0 Å². The van der Waals surface area contributed by atoms with Crippen LogP contribution in [0.1, 0.15) is 45.9 Å². The van der Waals surface area contributed by atoms with E-state index in [0.29, 0.717) is 22.4 Å². The second kappa shape index (κ2) is 7.92. The Bertz CT molecular complexity index is 893. The summed E-state index contributed by atoms with van der Waals surface area (Å²) in [7, 11) is 0. The van der Waals surface area contributed by atoms with Crippen LogP contribution in [0.4, 0.5) is 5.69 Å². The molecule has 0 radical (unpaired) electrons. The number of likely N-dealkylation sites (tertiary alicyclic amines) is 1. The molecule has 2 aromatic rings. The van der Waals surface area contributed by atoms with Gasteiger partial charge in [0.2, 0.25) is 5.91 Å². The van der Waals surface area contributed by atoms with Gasteiger partial charge >= 0.3 is 0 Å². The summed E-state index contributed by atoms with van der Waals surface area (Å²) >= 11 is 0. The van der Waals surface area contributed by atoms with Crippen molar-refractivity contribution < 1.29 is 9.59 Å². The third-order valence-corrected chi connectivity index (χ3v) is 4.82. The summed E-state index contributed by atoms with van der Waals surface area (Å²) in [6.07, 6.45) is 2.09. The van der Waals surface area contributed by atoms with Crippen molar-refractivity contribution in [3.8, 4) is 6.07 Å².